The molecule has 3 heterocycles. The van der Waals surface area contributed by atoms with Crippen LogP contribution in [0.25, 0.3) is 0 Å². The molecule has 2 aromatic rings. The highest BCUT2D eigenvalue weighted by Gasteiger charge is 2.71. The van der Waals surface area contributed by atoms with Crippen molar-refractivity contribution in [2.45, 2.75) is 70.4 Å². The maximum absolute atomic E-state index is 13.2. The third-order valence-electron chi connectivity index (χ3n) is 7.16. The Kier molecular flexibility index (Phi) is 5.05. The van der Waals surface area contributed by atoms with Gasteiger partial charge in [-0.15, -0.1) is 0 Å². The lowest BCUT2D eigenvalue weighted by Crippen LogP contribution is -2.67. The molecule has 0 aromatic carbocycles. The summed E-state index contributed by atoms with van der Waals surface area (Å²) in [7, 11) is 0. The topological polar surface area (TPSA) is 100 Å². The van der Waals surface area contributed by atoms with Crippen LogP contribution in [0.2, 0.25) is 0 Å². The van der Waals surface area contributed by atoms with Crippen LogP contribution in [-0.2, 0) is 11.3 Å². The standard InChI is InChI=1S/C23H27N7O/c24-11-18-12-28-29(14-18)10-4-2-1-3-6-22-15-23(16-22,17-22)21(31)30-20(5-7-27-30)19-13-25-8-9-26-19/h7-9,12-14,20H,1-6,10,15-17H2. The predicted molar refractivity (Wildman–Crippen MR) is 113 cm³/mol. The summed E-state index contributed by atoms with van der Waals surface area (Å²) >= 11 is 0. The number of amides is 1. The minimum Gasteiger partial charge on any atom is -0.272 e. The van der Waals surface area contributed by atoms with Gasteiger partial charge in [-0.1, -0.05) is 19.3 Å². The molecule has 160 valence electrons. The van der Waals surface area contributed by atoms with Crippen LogP contribution in [0.1, 0.15) is 75.1 Å². The molecule has 1 aliphatic heterocycles. The zero-order valence-corrected chi connectivity index (χ0v) is 17.7. The smallest absolute Gasteiger partial charge is 0.249 e. The summed E-state index contributed by atoms with van der Waals surface area (Å²) in [6, 6.07) is 2.00. The fourth-order valence-corrected chi connectivity index (χ4v) is 5.74. The van der Waals surface area contributed by atoms with Gasteiger partial charge in [0.1, 0.15) is 12.1 Å². The van der Waals surface area contributed by atoms with Gasteiger partial charge in [-0.05, 0) is 37.5 Å². The summed E-state index contributed by atoms with van der Waals surface area (Å²) in [5.74, 6) is 0.176. The molecule has 0 spiro atoms. The lowest BCUT2D eigenvalue weighted by atomic mass is 9.33. The average Bonchev–Trinajstić information content (AvgIpc) is 3.40. The number of hydrogen-bond acceptors (Lipinski definition) is 6. The van der Waals surface area contributed by atoms with Crippen LogP contribution in [0, 0.1) is 22.2 Å². The fraction of sp³-hybridized carbons (Fsp3) is 0.565. The van der Waals surface area contributed by atoms with Gasteiger partial charge in [0.25, 0.3) is 0 Å². The van der Waals surface area contributed by atoms with Gasteiger partial charge < -0.3 is 0 Å². The molecule has 2 aromatic heterocycles. The zero-order chi connectivity index (χ0) is 21.3. The van der Waals surface area contributed by atoms with Crippen molar-refractivity contribution in [2.24, 2.45) is 15.9 Å². The number of nitriles is 1. The highest BCUT2D eigenvalue weighted by Crippen LogP contribution is 2.76. The summed E-state index contributed by atoms with van der Waals surface area (Å²) in [6.07, 6.45) is 20.0. The predicted octanol–water partition coefficient (Wildman–Crippen LogP) is 3.62. The van der Waals surface area contributed by atoms with E-state index in [0.29, 0.717) is 17.4 Å². The first-order chi connectivity index (χ1) is 15.1. The van der Waals surface area contributed by atoms with E-state index in [0.717, 1.165) is 37.9 Å². The number of hydrazone groups is 1. The molecule has 1 amide bonds. The Morgan fingerprint density at radius 2 is 2.00 bits per heavy atom. The number of rotatable bonds is 9. The van der Waals surface area contributed by atoms with Gasteiger partial charge in [-0.3, -0.25) is 19.4 Å². The lowest BCUT2D eigenvalue weighted by molar-refractivity contribution is -0.220. The number of hydrogen-bond donors (Lipinski definition) is 0. The summed E-state index contributed by atoms with van der Waals surface area (Å²) in [5, 5.41) is 19.1. The average molecular weight is 418 g/mol. The Hall–Kier alpha value is -3.08. The first-order valence-electron chi connectivity index (χ1n) is 11.2. The molecule has 3 saturated carbocycles. The summed E-state index contributed by atoms with van der Waals surface area (Å²) in [6.45, 7) is 0.869. The van der Waals surface area contributed by atoms with E-state index >= 15 is 0 Å². The van der Waals surface area contributed by atoms with Crippen molar-refractivity contribution in [1.82, 2.24) is 24.8 Å². The first kappa shape index (κ1) is 19.9. The van der Waals surface area contributed by atoms with E-state index in [4.69, 9.17) is 5.26 Å². The van der Waals surface area contributed by atoms with Gasteiger partial charge in [0.15, 0.2) is 0 Å². The van der Waals surface area contributed by atoms with Gasteiger partial charge >= 0.3 is 0 Å². The van der Waals surface area contributed by atoms with E-state index in [1.165, 1.54) is 25.7 Å². The van der Waals surface area contributed by atoms with Crippen molar-refractivity contribution in [3.05, 3.63) is 42.2 Å². The molecule has 3 aliphatic carbocycles. The molecule has 4 aliphatic rings. The highest BCUT2D eigenvalue weighted by molar-refractivity contribution is 5.88. The number of nitrogens with zero attached hydrogens (tertiary/aromatic N) is 7. The maximum atomic E-state index is 13.2. The molecule has 6 rings (SSSR count). The van der Waals surface area contributed by atoms with Gasteiger partial charge in [0.2, 0.25) is 5.91 Å². The van der Waals surface area contributed by atoms with E-state index in [9.17, 15) is 4.79 Å². The molecule has 1 atom stereocenters. The van der Waals surface area contributed by atoms with Gasteiger partial charge in [0.05, 0.1) is 29.1 Å². The zero-order valence-electron chi connectivity index (χ0n) is 17.7. The second kappa shape index (κ2) is 7.88. The molecule has 31 heavy (non-hydrogen) atoms. The largest absolute Gasteiger partial charge is 0.272 e. The van der Waals surface area contributed by atoms with Crippen molar-refractivity contribution in [3.8, 4) is 6.07 Å². The van der Waals surface area contributed by atoms with Crippen LogP contribution >= 0.6 is 0 Å². The van der Waals surface area contributed by atoms with E-state index in [1.807, 2.05) is 10.9 Å². The van der Waals surface area contributed by atoms with Crippen molar-refractivity contribution in [1.29, 1.82) is 5.26 Å². The second-order valence-corrected chi connectivity index (χ2v) is 9.41. The van der Waals surface area contributed by atoms with E-state index < -0.39 is 0 Å². The monoisotopic (exact) mass is 417 g/mol. The number of aryl methyl sites for hydroxylation is 1. The Morgan fingerprint density at radius 3 is 2.74 bits per heavy atom. The molecular weight excluding hydrogens is 390 g/mol. The van der Waals surface area contributed by atoms with Crippen LogP contribution in [-0.4, -0.2) is 36.9 Å². The SMILES string of the molecule is N#Cc1cnn(CCCCCCC23CC(C(=O)N4N=CCC4c4cnccn4)(C2)C3)c1. The molecule has 1 unspecified atom stereocenters. The summed E-state index contributed by atoms with van der Waals surface area (Å²) < 4.78 is 1.85. The Bertz CT molecular complexity index is 1000. The summed E-state index contributed by atoms with van der Waals surface area (Å²) in [5.41, 5.74) is 1.65. The molecule has 2 bridgehead atoms. The molecule has 8 heteroatoms. The van der Waals surface area contributed by atoms with Crippen molar-refractivity contribution < 1.29 is 4.79 Å². The van der Waals surface area contributed by atoms with Crippen LogP contribution in [0.5, 0.6) is 0 Å². The molecule has 3 fully saturated rings. The third-order valence-corrected chi connectivity index (χ3v) is 7.16. The van der Waals surface area contributed by atoms with Crippen molar-refractivity contribution in [3.63, 3.8) is 0 Å². The van der Waals surface area contributed by atoms with Crippen molar-refractivity contribution in [2.75, 3.05) is 0 Å². The second-order valence-electron chi connectivity index (χ2n) is 9.41. The summed E-state index contributed by atoms with van der Waals surface area (Å²) in [4.78, 5) is 21.7. The minimum atomic E-state index is -0.180. The molecular formula is C23H27N7O. The number of carbonyl (C=O) groups is 1. The quantitative estimate of drug-likeness (QED) is 0.580. The van der Waals surface area contributed by atoms with E-state index in [1.54, 1.807) is 36.0 Å². The fourth-order valence-electron chi connectivity index (χ4n) is 5.74. The molecule has 0 radical (unpaired) electrons. The maximum Gasteiger partial charge on any atom is 0.249 e. The molecule has 0 saturated heterocycles. The number of aromatic nitrogens is 4. The van der Waals surface area contributed by atoms with Gasteiger partial charge in [-0.2, -0.15) is 15.5 Å². The highest BCUT2D eigenvalue weighted by atomic mass is 16.2. The van der Waals surface area contributed by atoms with Crippen LogP contribution < -0.4 is 0 Å². The Labute approximate surface area is 182 Å². The third kappa shape index (κ3) is 3.62. The normalized spacial score (nSPS) is 28.1. The van der Waals surface area contributed by atoms with Crippen molar-refractivity contribution >= 4 is 12.1 Å². The Morgan fingerprint density at radius 1 is 1.16 bits per heavy atom. The lowest BCUT2D eigenvalue weighted by Gasteiger charge is -2.70. The van der Waals surface area contributed by atoms with Crippen LogP contribution in [0.4, 0.5) is 0 Å². The molecule has 8 nitrogen and oxygen atoms in total. The Balaban J connectivity index is 1.03. The first-order valence-corrected chi connectivity index (χ1v) is 11.2. The van der Waals surface area contributed by atoms with E-state index in [-0.39, 0.29) is 17.4 Å². The van der Waals surface area contributed by atoms with Gasteiger partial charge in [-0.25, -0.2) is 5.01 Å². The van der Waals surface area contributed by atoms with Gasteiger partial charge in [0, 0.05) is 37.8 Å². The van der Waals surface area contributed by atoms with Crippen LogP contribution in [0.3, 0.4) is 0 Å². The number of unbranched alkanes of at least 4 members (excludes halogenated alkanes) is 3. The van der Waals surface area contributed by atoms with Crippen LogP contribution in [0.15, 0.2) is 36.1 Å². The minimum absolute atomic E-state index is 0.106. The van der Waals surface area contributed by atoms with E-state index in [2.05, 4.69) is 26.2 Å². The number of carbonyl (C=O) groups excluding carboxylic acids is 1. The molecule has 0 N–H and O–H groups in total.